The fourth-order valence-electron chi connectivity index (χ4n) is 4.57. The monoisotopic (exact) mass is 468 g/mol. The molecule has 1 aromatic heterocycles. The summed E-state index contributed by atoms with van der Waals surface area (Å²) in [5, 5.41) is 1.07. The van der Waals surface area contributed by atoms with E-state index >= 15 is 0 Å². The number of aromatic amines is 1. The first-order chi connectivity index (χ1) is 16.0. The minimum atomic E-state index is -0.484. The van der Waals surface area contributed by atoms with Gasteiger partial charge in [0.1, 0.15) is 0 Å². The van der Waals surface area contributed by atoms with Crippen LogP contribution in [0.15, 0.2) is 52.1 Å². The zero-order valence-corrected chi connectivity index (χ0v) is 18.9. The predicted molar refractivity (Wildman–Crippen MR) is 127 cm³/mol. The molecule has 1 N–H and O–H groups in total. The highest BCUT2D eigenvalue weighted by Gasteiger charge is 2.24. The lowest BCUT2D eigenvalue weighted by Crippen LogP contribution is -2.48. The number of hydrogen-bond acceptors (Lipinski definition) is 5. The summed E-state index contributed by atoms with van der Waals surface area (Å²) in [6.07, 6.45) is 1.65. The predicted octanol–water partition coefficient (Wildman–Crippen LogP) is 2.48. The number of aromatic nitrogens is 2. The van der Waals surface area contributed by atoms with Crippen molar-refractivity contribution in [3.05, 3.63) is 73.9 Å². The number of benzene rings is 2. The normalized spacial score (nSPS) is 18.8. The maximum Gasteiger partial charge on any atom is 0.328 e. The van der Waals surface area contributed by atoms with E-state index in [1.165, 1.54) is 4.57 Å². The molecule has 0 saturated carbocycles. The van der Waals surface area contributed by atoms with Crippen LogP contribution in [0.2, 0.25) is 5.02 Å². The van der Waals surface area contributed by atoms with Gasteiger partial charge in [-0.3, -0.25) is 14.2 Å². The van der Waals surface area contributed by atoms with E-state index in [0.29, 0.717) is 54.3 Å². The largest absolute Gasteiger partial charge is 0.376 e. The summed E-state index contributed by atoms with van der Waals surface area (Å²) in [6, 6.07) is 12.6. The number of nitrogens with zero attached hydrogens (tertiary/aromatic N) is 3. The van der Waals surface area contributed by atoms with E-state index in [1.807, 2.05) is 24.3 Å². The van der Waals surface area contributed by atoms with Gasteiger partial charge >= 0.3 is 5.69 Å². The summed E-state index contributed by atoms with van der Waals surface area (Å²) in [5.41, 5.74) is 1.01. The molecule has 2 aliphatic rings. The molecule has 172 valence electrons. The minimum Gasteiger partial charge on any atom is -0.376 e. The number of piperazine rings is 1. The molecular formula is C24H25ClN4O4. The van der Waals surface area contributed by atoms with Crippen molar-refractivity contribution in [1.82, 2.24) is 14.5 Å². The fraction of sp³-hybridized carbons (Fsp3) is 0.375. The number of amides is 1. The number of anilines is 1. The van der Waals surface area contributed by atoms with E-state index in [4.69, 9.17) is 16.3 Å². The zero-order valence-electron chi connectivity index (χ0n) is 18.1. The minimum absolute atomic E-state index is 0.118. The van der Waals surface area contributed by atoms with E-state index < -0.39 is 5.69 Å². The molecule has 33 heavy (non-hydrogen) atoms. The van der Waals surface area contributed by atoms with Crippen molar-refractivity contribution in [3.8, 4) is 0 Å². The van der Waals surface area contributed by atoms with Crippen molar-refractivity contribution in [2.24, 2.45) is 0 Å². The van der Waals surface area contributed by atoms with Crippen LogP contribution in [-0.2, 0) is 11.3 Å². The second-order valence-corrected chi connectivity index (χ2v) is 8.94. The zero-order chi connectivity index (χ0) is 22.9. The lowest BCUT2D eigenvalue weighted by molar-refractivity contribution is 0.0747. The van der Waals surface area contributed by atoms with Gasteiger partial charge in [0.2, 0.25) is 0 Å². The molecule has 0 radical (unpaired) electrons. The third-order valence-electron chi connectivity index (χ3n) is 6.38. The number of hydrogen-bond donors (Lipinski definition) is 1. The molecule has 0 bridgehead atoms. The second-order valence-electron chi connectivity index (χ2n) is 8.50. The van der Waals surface area contributed by atoms with Crippen molar-refractivity contribution >= 4 is 34.1 Å². The van der Waals surface area contributed by atoms with Crippen molar-refractivity contribution in [3.63, 3.8) is 0 Å². The first-order valence-electron chi connectivity index (χ1n) is 11.2. The van der Waals surface area contributed by atoms with Gasteiger partial charge in [-0.05, 0) is 49.2 Å². The van der Waals surface area contributed by atoms with Crippen LogP contribution in [0.25, 0.3) is 10.9 Å². The van der Waals surface area contributed by atoms with Crippen LogP contribution in [0.1, 0.15) is 23.2 Å². The highest BCUT2D eigenvalue weighted by molar-refractivity contribution is 6.30. The molecule has 2 aliphatic heterocycles. The highest BCUT2D eigenvalue weighted by atomic mass is 35.5. The third kappa shape index (κ3) is 4.41. The Bertz CT molecular complexity index is 1300. The summed E-state index contributed by atoms with van der Waals surface area (Å²) < 4.78 is 6.75. The van der Waals surface area contributed by atoms with Crippen LogP contribution >= 0.6 is 11.6 Å². The van der Waals surface area contributed by atoms with Gasteiger partial charge in [-0.15, -0.1) is 0 Å². The number of halogens is 1. The van der Waals surface area contributed by atoms with Crippen LogP contribution in [0.3, 0.4) is 0 Å². The molecule has 0 spiro atoms. The summed E-state index contributed by atoms with van der Waals surface area (Å²) >= 11 is 6.10. The Labute approximate surface area is 195 Å². The lowest BCUT2D eigenvalue weighted by atomic mass is 10.1. The van der Waals surface area contributed by atoms with Crippen molar-refractivity contribution in [1.29, 1.82) is 0 Å². The van der Waals surface area contributed by atoms with Crippen molar-refractivity contribution < 1.29 is 9.53 Å². The summed E-state index contributed by atoms with van der Waals surface area (Å²) in [6.45, 7) is 3.44. The number of H-pyrrole nitrogens is 1. The molecule has 3 aromatic rings. The van der Waals surface area contributed by atoms with Gasteiger partial charge in [0.15, 0.2) is 0 Å². The summed E-state index contributed by atoms with van der Waals surface area (Å²) in [4.78, 5) is 45.3. The third-order valence-corrected chi connectivity index (χ3v) is 6.61. The van der Waals surface area contributed by atoms with E-state index in [0.717, 1.165) is 18.5 Å². The van der Waals surface area contributed by atoms with Crippen LogP contribution in [0, 0.1) is 0 Å². The Kier molecular flexibility index (Phi) is 5.95. The Hall–Kier alpha value is -3.10. The Morgan fingerprint density at radius 3 is 2.64 bits per heavy atom. The summed E-state index contributed by atoms with van der Waals surface area (Å²) in [7, 11) is 0. The highest BCUT2D eigenvalue weighted by Crippen LogP contribution is 2.22. The van der Waals surface area contributed by atoms with E-state index in [2.05, 4.69) is 9.88 Å². The van der Waals surface area contributed by atoms with Crippen LogP contribution in [-0.4, -0.2) is 59.2 Å². The van der Waals surface area contributed by atoms with Gasteiger partial charge in [0.05, 0.1) is 23.6 Å². The van der Waals surface area contributed by atoms with E-state index in [1.54, 1.807) is 23.1 Å². The number of fused-ring (bicyclic) bond motifs is 1. The first-order valence-corrected chi connectivity index (χ1v) is 11.6. The smallest absolute Gasteiger partial charge is 0.328 e. The number of carbonyl (C=O) groups is 1. The van der Waals surface area contributed by atoms with Crippen LogP contribution in [0.5, 0.6) is 0 Å². The van der Waals surface area contributed by atoms with Gasteiger partial charge < -0.3 is 19.5 Å². The van der Waals surface area contributed by atoms with E-state index in [-0.39, 0.29) is 24.1 Å². The summed E-state index contributed by atoms with van der Waals surface area (Å²) in [5.74, 6) is -0.118. The molecule has 3 heterocycles. The Morgan fingerprint density at radius 1 is 1.09 bits per heavy atom. The maximum atomic E-state index is 13.1. The molecule has 1 atom stereocenters. The Morgan fingerprint density at radius 2 is 1.91 bits per heavy atom. The molecule has 1 amide bonds. The standard InChI is InChI=1S/C24H25ClN4O4/c25-17-3-1-4-18(14-17)27-8-10-28(11-9-27)22(30)16-6-7-20-21(13-16)26-24(32)29(23(20)31)15-19-5-2-12-33-19/h1,3-4,6-7,13-14,19H,2,5,8-12,15H2,(H,26,32)/t19-/m1/s1. The molecule has 2 aromatic carbocycles. The molecule has 0 unspecified atom stereocenters. The van der Waals surface area contributed by atoms with Gasteiger partial charge in [0, 0.05) is 49.1 Å². The average molecular weight is 469 g/mol. The fourth-order valence-corrected chi connectivity index (χ4v) is 4.75. The Balaban J connectivity index is 1.33. The van der Waals surface area contributed by atoms with Crippen molar-refractivity contribution in [2.45, 2.75) is 25.5 Å². The molecule has 5 rings (SSSR count). The van der Waals surface area contributed by atoms with Gasteiger partial charge in [0.25, 0.3) is 11.5 Å². The molecule has 9 heteroatoms. The number of ether oxygens (including phenoxy) is 1. The SMILES string of the molecule is O=C(c1ccc2c(=O)n(C[C@H]3CCCO3)c(=O)[nH]c2c1)N1CCN(c2cccc(Cl)c2)CC1. The number of carbonyl (C=O) groups excluding carboxylic acids is 1. The lowest BCUT2D eigenvalue weighted by Gasteiger charge is -2.36. The van der Waals surface area contributed by atoms with Gasteiger partial charge in [-0.2, -0.15) is 0 Å². The van der Waals surface area contributed by atoms with Gasteiger partial charge in [-0.1, -0.05) is 17.7 Å². The average Bonchev–Trinajstić information content (AvgIpc) is 3.34. The number of nitrogens with one attached hydrogen (secondary N) is 1. The van der Waals surface area contributed by atoms with Crippen molar-refractivity contribution in [2.75, 3.05) is 37.7 Å². The van der Waals surface area contributed by atoms with Crippen LogP contribution < -0.4 is 16.1 Å². The van der Waals surface area contributed by atoms with Crippen LogP contribution in [0.4, 0.5) is 5.69 Å². The second kappa shape index (κ2) is 9.03. The molecule has 2 fully saturated rings. The molecule has 2 saturated heterocycles. The topological polar surface area (TPSA) is 87.6 Å². The molecule has 8 nitrogen and oxygen atoms in total. The first kappa shape index (κ1) is 21.7. The molecule has 0 aliphatic carbocycles. The van der Waals surface area contributed by atoms with Gasteiger partial charge in [-0.25, -0.2) is 4.79 Å². The van der Waals surface area contributed by atoms with E-state index in [9.17, 15) is 14.4 Å². The maximum absolute atomic E-state index is 13.1. The quantitative estimate of drug-likeness (QED) is 0.635. The number of rotatable bonds is 4. The molecular weight excluding hydrogens is 444 g/mol.